The zero-order chi connectivity index (χ0) is 15.4. The van der Waals surface area contributed by atoms with Crippen molar-refractivity contribution in [3.8, 4) is 0 Å². The first kappa shape index (κ1) is 17.2. The third-order valence-corrected chi connectivity index (χ3v) is 4.38. The fourth-order valence-corrected chi connectivity index (χ4v) is 3.29. The van der Waals surface area contributed by atoms with Crippen molar-refractivity contribution in [1.29, 1.82) is 0 Å². The third kappa shape index (κ3) is 4.33. The number of carbonyl (C=O) groups is 1. The molecule has 1 heterocycles. The van der Waals surface area contributed by atoms with E-state index in [2.05, 4.69) is 0 Å². The van der Waals surface area contributed by atoms with Crippen molar-refractivity contribution in [3.05, 3.63) is 0 Å². The minimum atomic E-state index is -4.22. The van der Waals surface area contributed by atoms with E-state index in [0.717, 1.165) is 4.31 Å². The Morgan fingerprint density at radius 2 is 2.20 bits per heavy atom. The molecule has 0 bridgehead atoms. The molecule has 1 rings (SSSR count). The lowest BCUT2D eigenvalue weighted by atomic mass is 10.2. The average molecular weight is 316 g/mol. The molecule has 0 saturated carbocycles. The molecule has 1 atom stereocenters. The fraction of sp³-hybridized carbons (Fsp3) is 0.900. The van der Waals surface area contributed by atoms with Crippen molar-refractivity contribution in [3.63, 3.8) is 0 Å². The third-order valence-electron chi connectivity index (χ3n) is 2.82. The minimum absolute atomic E-state index is 0.0590. The molecule has 0 aromatic heterocycles. The van der Waals surface area contributed by atoms with E-state index < -0.39 is 41.3 Å². The molecule has 20 heavy (non-hydrogen) atoms. The van der Waals surface area contributed by atoms with Crippen LogP contribution in [-0.4, -0.2) is 62.1 Å². The maximum Gasteiger partial charge on any atom is 0.324 e. The van der Waals surface area contributed by atoms with E-state index in [1.807, 2.05) is 0 Å². The molecule has 1 unspecified atom stereocenters. The van der Waals surface area contributed by atoms with E-state index in [9.17, 15) is 22.0 Å². The standard InChI is InChI=1S/C10H18F2N2O5S/c1-2-19-9(16)8-4-3-5-14(8)20(17,18)13-6-10(11,12)7-15/h8,13,15H,2-7H2,1H3. The zero-order valence-electron chi connectivity index (χ0n) is 11.0. The van der Waals surface area contributed by atoms with Gasteiger partial charge in [0.15, 0.2) is 0 Å². The summed E-state index contributed by atoms with van der Waals surface area (Å²) in [6, 6.07) is -0.991. The van der Waals surface area contributed by atoms with Gasteiger partial charge in [-0.15, -0.1) is 0 Å². The molecule has 0 radical (unpaired) electrons. The minimum Gasteiger partial charge on any atom is -0.465 e. The summed E-state index contributed by atoms with van der Waals surface area (Å²) >= 11 is 0. The van der Waals surface area contributed by atoms with Crippen molar-refractivity contribution in [2.75, 3.05) is 26.3 Å². The van der Waals surface area contributed by atoms with Crippen molar-refractivity contribution in [1.82, 2.24) is 9.03 Å². The second kappa shape index (κ2) is 6.74. The number of rotatable bonds is 7. The zero-order valence-corrected chi connectivity index (χ0v) is 11.8. The van der Waals surface area contributed by atoms with E-state index in [1.54, 1.807) is 11.6 Å². The van der Waals surface area contributed by atoms with Gasteiger partial charge in [0.25, 0.3) is 16.1 Å². The molecule has 0 aromatic rings. The summed E-state index contributed by atoms with van der Waals surface area (Å²) in [6.45, 7) is -0.927. The molecule has 0 aliphatic carbocycles. The summed E-state index contributed by atoms with van der Waals surface area (Å²) < 4.78 is 56.8. The molecule has 118 valence electrons. The predicted octanol–water partition coefficient (Wildman–Crippen LogP) is -0.524. The summed E-state index contributed by atoms with van der Waals surface area (Å²) in [5.74, 6) is -4.24. The molecule has 0 spiro atoms. The molecule has 7 nitrogen and oxygen atoms in total. The first-order valence-electron chi connectivity index (χ1n) is 6.15. The van der Waals surface area contributed by atoms with Crippen LogP contribution in [0, 0.1) is 0 Å². The number of nitrogens with zero attached hydrogens (tertiary/aromatic N) is 1. The summed E-state index contributed by atoms with van der Waals surface area (Å²) in [5.41, 5.74) is 0. The van der Waals surface area contributed by atoms with Crippen LogP contribution < -0.4 is 4.72 Å². The maximum absolute atomic E-state index is 12.9. The Bertz CT molecular complexity index is 443. The molecule has 2 N–H and O–H groups in total. The number of esters is 1. The van der Waals surface area contributed by atoms with Crippen molar-refractivity contribution in [2.45, 2.75) is 31.7 Å². The molecule has 10 heteroatoms. The lowest BCUT2D eigenvalue weighted by Gasteiger charge is -2.24. The van der Waals surface area contributed by atoms with Gasteiger partial charge >= 0.3 is 5.97 Å². The van der Waals surface area contributed by atoms with E-state index in [1.165, 1.54) is 0 Å². The Balaban J connectivity index is 2.73. The van der Waals surface area contributed by atoms with Crippen LogP contribution in [-0.2, 0) is 19.7 Å². The van der Waals surface area contributed by atoms with Crippen LogP contribution in [0.25, 0.3) is 0 Å². The van der Waals surface area contributed by atoms with Gasteiger partial charge < -0.3 is 9.84 Å². The van der Waals surface area contributed by atoms with Gasteiger partial charge in [-0.25, -0.2) is 8.78 Å². The summed E-state index contributed by atoms with van der Waals surface area (Å²) in [5, 5.41) is 8.39. The van der Waals surface area contributed by atoms with E-state index in [4.69, 9.17) is 9.84 Å². The SMILES string of the molecule is CCOC(=O)C1CCCN1S(=O)(=O)NCC(F)(F)CO. The molecule has 0 amide bonds. The molecule has 1 fully saturated rings. The fourth-order valence-electron chi connectivity index (χ4n) is 1.84. The number of ether oxygens (including phenoxy) is 1. The second-order valence-corrected chi connectivity index (χ2v) is 6.07. The normalized spacial score (nSPS) is 21.1. The van der Waals surface area contributed by atoms with Gasteiger partial charge in [-0.1, -0.05) is 0 Å². The topological polar surface area (TPSA) is 95.9 Å². The number of carbonyl (C=O) groups excluding carboxylic acids is 1. The van der Waals surface area contributed by atoms with Crippen LogP contribution >= 0.6 is 0 Å². The summed E-state index contributed by atoms with van der Waals surface area (Å²) in [6.07, 6.45) is 0.733. The van der Waals surface area contributed by atoms with Crippen LogP contribution in [0.5, 0.6) is 0 Å². The smallest absolute Gasteiger partial charge is 0.324 e. The summed E-state index contributed by atoms with van der Waals surface area (Å²) in [4.78, 5) is 11.6. The van der Waals surface area contributed by atoms with Crippen LogP contribution in [0.2, 0.25) is 0 Å². The van der Waals surface area contributed by atoms with Gasteiger partial charge in [-0.3, -0.25) is 4.79 Å². The average Bonchev–Trinajstić information content (AvgIpc) is 2.87. The Morgan fingerprint density at radius 1 is 1.55 bits per heavy atom. The molecular weight excluding hydrogens is 298 g/mol. The Labute approximate surface area is 116 Å². The molecule has 0 aromatic carbocycles. The predicted molar refractivity (Wildman–Crippen MR) is 65.3 cm³/mol. The number of alkyl halides is 2. The van der Waals surface area contributed by atoms with Crippen molar-refractivity contribution >= 4 is 16.2 Å². The van der Waals surface area contributed by atoms with Gasteiger partial charge in [0.2, 0.25) is 0 Å². The van der Waals surface area contributed by atoms with Crippen LogP contribution in [0.15, 0.2) is 0 Å². The monoisotopic (exact) mass is 316 g/mol. The second-order valence-electron chi connectivity index (χ2n) is 4.36. The largest absolute Gasteiger partial charge is 0.465 e. The quantitative estimate of drug-likeness (QED) is 0.616. The van der Waals surface area contributed by atoms with E-state index >= 15 is 0 Å². The van der Waals surface area contributed by atoms with Gasteiger partial charge in [0.1, 0.15) is 12.6 Å². The van der Waals surface area contributed by atoms with Crippen LogP contribution in [0.1, 0.15) is 19.8 Å². The highest BCUT2D eigenvalue weighted by Crippen LogP contribution is 2.22. The molecule has 1 aliphatic heterocycles. The lowest BCUT2D eigenvalue weighted by Crippen LogP contribution is -2.50. The van der Waals surface area contributed by atoms with Gasteiger partial charge in [-0.05, 0) is 19.8 Å². The highest BCUT2D eigenvalue weighted by atomic mass is 32.2. The Kier molecular flexibility index (Phi) is 5.80. The number of nitrogens with one attached hydrogen (secondary N) is 1. The van der Waals surface area contributed by atoms with E-state index in [0.29, 0.717) is 6.42 Å². The molecule has 1 saturated heterocycles. The number of aliphatic hydroxyl groups excluding tert-OH is 1. The van der Waals surface area contributed by atoms with Crippen molar-refractivity contribution < 1.29 is 31.8 Å². The highest BCUT2D eigenvalue weighted by molar-refractivity contribution is 7.87. The van der Waals surface area contributed by atoms with Crippen LogP contribution in [0.4, 0.5) is 8.78 Å². The number of halogens is 2. The number of aliphatic hydroxyl groups is 1. The Morgan fingerprint density at radius 3 is 2.75 bits per heavy atom. The number of hydrogen-bond donors (Lipinski definition) is 2. The molecule has 1 aliphatic rings. The first-order valence-corrected chi connectivity index (χ1v) is 7.59. The van der Waals surface area contributed by atoms with Crippen LogP contribution in [0.3, 0.4) is 0 Å². The highest BCUT2D eigenvalue weighted by Gasteiger charge is 2.41. The number of hydrogen-bond acceptors (Lipinski definition) is 5. The van der Waals surface area contributed by atoms with E-state index in [-0.39, 0.29) is 19.6 Å². The lowest BCUT2D eigenvalue weighted by molar-refractivity contribution is -0.146. The van der Waals surface area contributed by atoms with Gasteiger partial charge in [-0.2, -0.15) is 17.4 Å². The van der Waals surface area contributed by atoms with Crippen molar-refractivity contribution in [2.24, 2.45) is 0 Å². The van der Waals surface area contributed by atoms with Gasteiger partial charge in [0, 0.05) is 6.54 Å². The van der Waals surface area contributed by atoms with Gasteiger partial charge in [0.05, 0.1) is 13.2 Å². The maximum atomic E-state index is 12.9. The summed E-state index contributed by atoms with van der Waals surface area (Å²) in [7, 11) is -4.22. The molecular formula is C10H18F2N2O5S. The Hall–Kier alpha value is -0.840. The first-order chi connectivity index (χ1) is 9.23.